The molecule has 0 bridgehead atoms. The molecule has 0 unspecified atom stereocenters. The molecule has 0 spiro atoms. The molecule has 0 saturated carbocycles. The maximum atomic E-state index is 11.3. The Morgan fingerprint density at radius 3 is 2.50 bits per heavy atom. The molecule has 12 heavy (non-hydrogen) atoms. The van der Waals surface area contributed by atoms with Crippen molar-refractivity contribution in [1.29, 1.82) is 0 Å². The summed E-state index contributed by atoms with van der Waals surface area (Å²) >= 11 is 0. The molecule has 0 aromatic heterocycles. The summed E-state index contributed by atoms with van der Waals surface area (Å²) in [5.41, 5.74) is 0. The number of methoxy groups -OCH3 is 2. The topological polar surface area (TPSA) is 44.8 Å². The van der Waals surface area contributed by atoms with E-state index in [-0.39, 0.29) is 18.3 Å². The standard InChI is InChI=1S/C8H14O4/c1-5-8(11-3)6(9)4-7(10-2)12-5/h5,7-8H,4H2,1-3H3/t5-,7+,8-/m0/s1. The molecule has 1 rings (SSSR count). The third-order valence-corrected chi connectivity index (χ3v) is 1.99. The zero-order chi connectivity index (χ0) is 9.14. The highest BCUT2D eigenvalue weighted by Gasteiger charge is 2.34. The van der Waals surface area contributed by atoms with Gasteiger partial charge in [-0.15, -0.1) is 0 Å². The molecular weight excluding hydrogens is 160 g/mol. The zero-order valence-electron chi connectivity index (χ0n) is 7.57. The molecule has 1 aliphatic rings. The number of ketones is 1. The van der Waals surface area contributed by atoms with Gasteiger partial charge in [-0.25, -0.2) is 0 Å². The lowest BCUT2D eigenvalue weighted by atomic mass is 10.0. The van der Waals surface area contributed by atoms with E-state index in [1.165, 1.54) is 14.2 Å². The van der Waals surface area contributed by atoms with Crippen molar-refractivity contribution < 1.29 is 19.0 Å². The molecule has 4 heteroatoms. The van der Waals surface area contributed by atoms with Gasteiger partial charge in [0.1, 0.15) is 6.10 Å². The molecule has 1 aliphatic heterocycles. The van der Waals surface area contributed by atoms with Crippen LogP contribution in [0.1, 0.15) is 13.3 Å². The van der Waals surface area contributed by atoms with Crippen LogP contribution in [0.5, 0.6) is 0 Å². The monoisotopic (exact) mass is 174 g/mol. The maximum absolute atomic E-state index is 11.3. The van der Waals surface area contributed by atoms with E-state index in [0.717, 1.165) is 0 Å². The lowest BCUT2D eigenvalue weighted by Gasteiger charge is -2.31. The van der Waals surface area contributed by atoms with Gasteiger partial charge >= 0.3 is 0 Å². The first-order valence-corrected chi connectivity index (χ1v) is 3.92. The average Bonchev–Trinajstić information content (AvgIpc) is 2.03. The third-order valence-electron chi connectivity index (χ3n) is 1.99. The van der Waals surface area contributed by atoms with Gasteiger partial charge in [0.05, 0.1) is 12.5 Å². The summed E-state index contributed by atoms with van der Waals surface area (Å²) in [6, 6.07) is 0. The Kier molecular flexibility index (Phi) is 3.20. The summed E-state index contributed by atoms with van der Waals surface area (Å²) in [5.74, 6) is 0.0445. The van der Waals surface area contributed by atoms with Gasteiger partial charge in [0.2, 0.25) is 0 Å². The molecule has 70 valence electrons. The quantitative estimate of drug-likeness (QED) is 0.606. The fourth-order valence-corrected chi connectivity index (χ4v) is 1.36. The fraction of sp³-hybridized carbons (Fsp3) is 0.875. The predicted octanol–water partition coefficient (Wildman–Crippen LogP) is 0.352. The number of carbonyl (C=O) groups is 1. The number of rotatable bonds is 2. The molecule has 1 heterocycles. The van der Waals surface area contributed by atoms with E-state index in [9.17, 15) is 4.79 Å². The van der Waals surface area contributed by atoms with E-state index in [4.69, 9.17) is 14.2 Å². The van der Waals surface area contributed by atoms with Crippen molar-refractivity contribution in [3.8, 4) is 0 Å². The van der Waals surface area contributed by atoms with Gasteiger partial charge in [0, 0.05) is 14.2 Å². The first kappa shape index (κ1) is 9.64. The molecule has 4 nitrogen and oxygen atoms in total. The van der Waals surface area contributed by atoms with Gasteiger partial charge in [-0.1, -0.05) is 0 Å². The Hall–Kier alpha value is -0.450. The Balaban J connectivity index is 2.57. The number of ether oxygens (including phenoxy) is 3. The van der Waals surface area contributed by atoms with Crippen LogP contribution in [-0.4, -0.2) is 38.5 Å². The molecule has 1 fully saturated rings. The van der Waals surface area contributed by atoms with Gasteiger partial charge in [0.25, 0.3) is 0 Å². The van der Waals surface area contributed by atoms with Gasteiger partial charge in [-0.3, -0.25) is 4.79 Å². The summed E-state index contributed by atoms with van der Waals surface area (Å²) in [6.45, 7) is 1.80. The van der Waals surface area contributed by atoms with Crippen LogP contribution < -0.4 is 0 Å². The molecule has 0 aromatic rings. The van der Waals surface area contributed by atoms with E-state index in [0.29, 0.717) is 0 Å². The number of Topliss-reactive ketones (excluding diaryl/α,β-unsaturated/α-hetero) is 1. The van der Waals surface area contributed by atoms with E-state index in [1.54, 1.807) is 6.92 Å². The highest BCUT2D eigenvalue weighted by atomic mass is 16.7. The van der Waals surface area contributed by atoms with E-state index in [2.05, 4.69) is 0 Å². The highest BCUT2D eigenvalue weighted by Crippen LogP contribution is 2.18. The Morgan fingerprint density at radius 2 is 2.08 bits per heavy atom. The summed E-state index contributed by atoms with van der Waals surface area (Å²) in [4.78, 5) is 11.3. The maximum Gasteiger partial charge on any atom is 0.169 e. The summed E-state index contributed by atoms with van der Waals surface area (Å²) < 4.78 is 15.2. The Labute approximate surface area is 71.8 Å². The van der Waals surface area contributed by atoms with Gasteiger partial charge < -0.3 is 14.2 Å². The van der Waals surface area contributed by atoms with Crippen LogP contribution in [0.2, 0.25) is 0 Å². The summed E-state index contributed by atoms with van der Waals surface area (Å²) in [7, 11) is 3.04. The molecule has 0 radical (unpaired) electrons. The van der Waals surface area contributed by atoms with Crippen molar-refractivity contribution in [2.45, 2.75) is 31.8 Å². The van der Waals surface area contributed by atoms with Gasteiger partial charge in [-0.2, -0.15) is 0 Å². The molecule has 0 amide bonds. The third kappa shape index (κ3) is 1.83. The molecular formula is C8H14O4. The minimum Gasteiger partial charge on any atom is -0.371 e. The molecule has 0 aromatic carbocycles. The van der Waals surface area contributed by atoms with Crippen LogP contribution in [0.3, 0.4) is 0 Å². The lowest BCUT2D eigenvalue weighted by molar-refractivity contribution is -0.207. The van der Waals surface area contributed by atoms with Crippen molar-refractivity contribution in [2.24, 2.45) is 0 Å². The van der Waals surface area contributed by atoms with Crippen LogP contribution in [0.25, 0.3) is 0 Å². The first-order valence-electron chi connectivity index (χ1n) is 3.92. The average molecular weight is 174 g/mol. The van der Waals surface area contributed by atoms with Crippen LogP contribution in [0, 0.1) is 0 Å². The number of carbonyl (C=O) groups excluding carboxylic acids is 1. The van der Waals surface area contributed by atoms with Crippen molar-refractivity contribution in [2.75, 3.05) is 14.2 Å². The lowest BCUT2D eigenvalue weighted by Crippen LogP contribution is -2.45. The second-order valence-electron chi connectivity index (χ2n) is 2.83. The van der Waals surface area contributed by atoms with Crippen LogP contribution in [0.15, 0.2) is 0 Å². The SMILES string of the molecule is CO[C@H]1CC(=O)[C@@H](OC)[C@H](C)O1. The second-order valence-corrected chi connectivity index (χ2v) is 2.83. The van der Waals surface area contributed by atoms with Crippen molar-refractivity contribution in [3.63, 3.8) is 0 Å². The summed E-state index contributed by atoms with van der Waals surface area (Å²) in [6.07, 6.45) is -0.782. The van der Waals surface area contributed by atoms with E-state index in [1.807, 2.05) is 0 Å². The van der Waals surface area contributed by atoms with Gasteiger partial charge in [0.15, 0.2) is 12.1 Å². The van der Waals surface area contributed by atoms with Gasteiger partial charge in [-0.05, 0) is 6.92 Å². The van der Waals surface area contributed by atoms with E-state index >= 15 is 0 Å². The smallest absolute Gasteiger partial charge is 0.169 e. The zero-order valence-corrected chi connectivity index (χ0v) is 7.57. The number of hydrogen-bond donors (Lipinski definition) is 0. The Morgan fingerprint density at radius 1 is 1.42 bits per heavy atom. The normalized spacial score (nSPS) is 36.9. The minimum atomic E-state index is -0.434. The molecule has 1 saturated heterocycles. The minimum absolute atomic E-state index is 0.0445. The largest absolute Gasteiger partial charge is 0.371 e. The first-order chi connectivity index (χ1) is 5.69. The summed E-state index contributed by atoms with van der Waals surface area (Å²) in [5, 5.41) is 0. The fourth-order valence-electron chi connectivity index (χ4n) is 1.36. The van der Waals surface area contributed by atoms with Crippen LogP contribution in [-0.2, 0) is 19.0 Å². The Bertz CT molecular complexity index is 168. The number of hydrogen-bond acceptors (Lipinski definition) is 4. The van der Waals surface area contributed by atoms with Crippen LogP contribution >= 0.6 is 0 Å². The van der Waals surface area contributed by atoms with Crippen LogP contribution in [0.4, 0.5) is 0 Å². The second kappa shape index (κ2) is 3.98. The molecule has 3 atom stereocenters. The van der Waals surface area contributed by atoms with Crippen molar-refractivity contribution in [3.05, 3.63) is 0 Å². The highest BCUT2D eigenvalue weighted by molar-refractivity contribution is 5.84. The predicted molar refractivity (Wildman–Crippen MR) is 41.8 cm³/mol. The molecule has 0 aliphatic carbocycles. The van der Waals surface area contributed by atoms with E-state index < -0.39 is 12.4 Å². The molecule has 0 N–H and O–H groups in total. The van der Waals surface area contributed by atoms with Crippen molar-refractivity contribution >= 4 is 5.78 Å². The van der Waals surface area contributed by atoms with Crippen molar-refractivity contribution in [1.82, 2.24) is 0 Å².